The van der Waals surface area contributed by atoms with Crippen LogP contribution in [0, 0.1) is 27.2 Å². The van der Waals surface area contributed by atoms with E-state index in [1.807, 2.05) is 19.1 Å². The third-order valence-electron chi connectivity index (χ3n) is 3.59. The first-order valence-corrected chi connectivity index (χ1v) is 7.79. The highest BCUT2D eigenvalue weighted by molar-refractivity contribution is 5.97. The minimum atomic E-state index is -0.735. The molecule has 140 valence electrons. The van der Waals surface area contributed by atoms with Gasteiger partial charge in [0, 0.05) is 17.7 Å². The van der Waals surface area contributed by atoms with E-state index in [-0.39, 0.29) is 24.2 Å². The highest BCUT2D eigenvalue weighted by Crippen LogP contribution is 2.23. The molecule has 10 nitrogen and oxygen atoms in total. The van der Waals surface area contributed by atoms with Crippen molar-refractivity contribution in [1.82, 2.24) is 0 Å². The van der Waals surface area contributed by atoms with Crippen LogP contribution in [0.25, 0.3) is 0 Å². The molecule has 27 heavy (non-hydrogen) atoms. The third-order valence-corrected chi connectivity index (χ3v) is 3.59. The van der Waals surface area contributed by atoms with E-state index in [0.717, 1.165) is 11.6 Å². The Hall–Kier alpha value is -3.82. The van der Waals surface area contributed by atoms with Gasteiger partial charge in [0.1, 0.15) is 0 Å². The van der Waals surface area contributed by atoms with Crippen molar-refractivity contribution >= 4 is 23.2 Å². The molecular weight excluding hydrogens is 356 g/mol. The van der Waals surface area contributed by atoms with E-state index in [9.17, 15) is 25.0 Å². The Kier molecular flexibility index (Phi) is 6.15. The molecule has 0 unspecified atom stereocenters. The number of hydrogen-bond donors (Lipinski definition) is 1. The number of non-ortho nitro benzene ring substituents is 2. The largest absolute Gasteiger partial charge is 0.380 e. The summed E-state index contributed by atoms with van der Waals surface area (Å²) in [6.07, 6.45) is -0.162. The van der Waals surface area contributed by atoms with Crippen molar-refractivity contribution in [3.05, 3.63) is 79.4 Å². The summed E-state index contributed by atoms with van der Waals surface area (Å²) in [4.78, 5) is 36.8. The van der Waals surface area contributed by atoms with Gasteiger partial charge in [0.15, 0.2) is 5.84 Å². The number of carbonyl (C=O) groups excluding carboxylic acids is 1. The van der Waals surface area contributed by atoms with Gasteiger partial charge in [-0.3, -0.25) is 20.2 Å². The Balaban J connectivity index is 2.00. The van der Waals surface area contributed by atoms with Gasteiger partial charge in [-0.1, -0.05) is 35.0 Å². The predicted octanol–water partition coefficient (Wildman–Crippen LogP) is 2.61. The van der Waals surface area contributed by atoms with Crippen molar-refractivity contribution in [1.29, 1.82) is 0 Å². The Labute approximate surface area is 153 Å². The number of rotatable bonds is 7. The van der Waals surface area contributed by atoms with Gasteiger partial charge in [-0.05, 0) is 18.9 Å². The van der Waals surface area contributed by atoms with Gasteiger partial charge in [0.05, 0.1) is 22.3 Å². The molecule has 0 aliphatic carbocycles. The van der Waals surface area contributed by atoms with Crippen molar-refractivity contribution in [3.8, 4) is 0 Å². The molecule has 2 aromatic carbocycles. The summed E-state index contributed by atoms with van der Waals surface area (Å²) in [6.45, 7) is 1.91. The summed E-state index contributed by atoms with van der Waals surface area (Å²) in [6, 6.07) is 10.3. The number of nitro groups is 2. The number of aryl methyl sites for hydroxylation is 2. The number of hydrogen-bond acceptors (Lipinski definition) is 7. The zero-order valence-corrected chi connectivity index (χ0v) is 14.3. The minimum Gasteiger partial charge on any atom is -0.380 e. The molecule has 2 aromatic rings. The minimum absolute atomic E-state index is 0.0152. The number of nitrogens with two attached hydrogens (primary N) is 1. The highest BCUT2D eigenvalue weighted by Gasteiger charge is 2.17. The molecule has 0 atom stereocenters. The van der Waals surface area contributed by atoms with Crippen LogP contribution in [0.1, 0.15) is 23.1 Å². The van der Waals surface area contributed by atoms with Gasteiger partial charge in [0.25, 0.3) is 11.4 Å². The first-order chi connectivity index (χ1) is 12.8. The van der Waals surface area contributed by atoms with Crippen LogP contribution in [0.5, 0.6) is 0 Å². The van der Waals surface area contributed by atoms with E-state index < -0.39 is 27.2 Å². The van der Waals surface area contributed by atoms with E-state index in [1.165, 1.54) is 12.1 Å². The molecule has 0 saturated carbocycles. The standard InChI is InChI=1S/C17H16N4O6/c1-11-2-5-13(6-3-11)17(18)19-27-16(22)7-4-12-8-14(20(23)24)10-15(9-12)21(25)26/h2-3,5-6,8-10H,4,7H2,1H3,(H2,18,19). The van der Waals surface area contributed by atoms with Gasteiger partial charge in [-0.15, -0.1) is 0 Å². The molecule has 0 saturated heterocycles. The van der Waals surface area contributed by atoms with E-state index in [1.54, 1.807) is 12.1 Å². The number of amidine groups is 1. The summed E-state index contributed by atoms with van der Waals surface area (Å²) in [5.74, 6) is -0.700. The lowest BCUT2D eigenvalue weighted by Crippen LogP contribution is -2.15. The maximum absolute atomic E-state index is 11.8. The maximum Gasteiger partial charge on any atom is 0.335 e. The Bertz CT molecular complexity index is 876. The first kappa shape index (κ1) is 19.5. The van der Waals surface area contributed by atoms with Gasteiger partial charge in [0.2, 0.25) is 0 Å². The molecule has 0 spiro atoms. The monoisotopic (exact) mass is 372 g/mol. The van der Waals surface area contributed by atoms with Crippen LogP contribution in [0.3, 0.4) is 0 Å². The lowest BCUT2D eigenvalue weighted by atomic mass is 10.1. The van der Waals surface area contributed by atoms with Crippen molar-refractivity contribution in [3.63, 3.8) is 0 Å². The summed E-state index contributed by atoms with van der Waals surface area (Å²) in [5.41, 5.74) is 6.78. The van der Waals surface area contributed by atoms with Crippen LogP contribution in [0.15, 0.2) is 47.6 Å². The topological polar surface area (TPSA) is 151 Å². The second-order valence-corrected chi connectivity index (χ2v) is 5.68. The number of carbonyl (C=O) groups is 1. The van der Waals surface area contributed by atoms with Crippen molar-refractivity contribution < 1.29 is 19.5 Å². The molecule has 0 aromatic heterocycles. The van der Waals surface area contributed by atoms with Crippen molar-refractivity contribution in [2.24, 2.45) is 10.9 Å². The molecule has 0 fully saturated rings. The fourth-order valence-electron chi connectivity index (χ4n) is 2.18. The maximum atomic E-state index is 11.8. The molecule has 2 N–H and O–H groups in total. The Morgan fingerprint density at radius 1 is 1.07 bits per heavy atom. The van der Waals surface area contributed by atoms with Gasteiger partial charge < -0.3 is 10.6 Å². The second-order valence-electron chi connectivity index (χ2n) is 5.68. The van der Waals surface area contributed by atoms with Gasteiger partial charge >= 0.3 is 5.97 Å². The van der Waals surface area contributed by atoms with E-state index in [0.29, 0.717) is 5.56 Å². The molecular formula is C17H16N4O6. The van der Waals surface area contributed by atoms with E-state index in [4.69, 9.17) is 10.6 Å². The zero-order chi connectivity index (χ0) is 20.0. The summed E-state index contributed by atoms with van der Waals surface area (Å²) in [5, 5.41) is 25.3. The number of nitro benzene ring substituents is 2. The van der Waals surface area contributed by atoms with Crippen LogP contribution in [0.2, 0.25) is 0 Å². The van der Waals surface area contributed by atoms with Crippen LogP contribution < -0.4 is 5.73 Å². The Morgan fingerprint density at radius 2 is 1.63 bits per heavy atom. The van der Waals surface area contributed by atoms with E-state index >= 15 is 0 Å². The molecule has 10 heteroatoms. The molecule has 0 aliphatic heterocycles. The molecule has 0 bridgehead atoms. The SMILES string of the molecule is Cc1ccc(C(N)=NOC(=O)CCc2cc([N+](=O)[O-])cc([N+](=O)[O-])c2)cc1. The quantitative estimate of drug-likeness (QED) is 0.258. The molecule has 0 heterocycles. The molecule has 0 radical (unpaired) electrons. The number of nitrogens with zero attached hydrogens (tertiary/aromatic N) is 3. The average molecular weight is 372 g/mol. The van der Waals surface area contributed by atoms with Crippen molar-refractivity contribution in [2.75, 3.05) is 0 Å². The lowest BCUT2D eigenvalue weighted by Gasteiger charge is -2.03. The summed E-state index contributed by atoms with van der Waals surface area (Å²) >= 11 is 0. The van der Waals surface area contributed by atoms with Crippen LogP contribution in [-0.4, -0.2) is 21.7 Å². The van der Waals surface area contributed by atoms with E-state index in [2.05, 4.69) is 5.16 Å². The highest BCUT2D eigenvalue weighted by atomic mass is 16.7. The first-order valence-electron chi connectivity index (χ1n) is 7.79. The third kappa shape index (κ3) is 5.59. The van der Waals surface area contributed by atoms with Crippen LogP contribution >= 0.6 is 0 Å². The Morgan fingerprint density at radius 3 is 2.15 bits per heavy atom. The zero-order valence-electron chi connectivity index (χ0n) is 14.3. The predicted molar refractivity (Wildman–Crippen MR) is 96.1 cm³/mol. The average Bonchev–Trinajstić information content (AvgIpc) is 2.64. The number of benzene rings is 2. The van der Waals surface area contributed by atoms with Crippen molar-refractivity contribution in [2.45, 2.75) is 19.8 Å². The van der Waals surface area contributed by atoms with Gasteiger partial charge in [-0.25, -0.2) is 4.79 Å². The fourth-order valence-corrected chi connectivity index (χ4v) is 2.18. The second kappa shape index (κ2) is 8.52. The van der Waals surface area contributed by atoms with Crippen LogP contribution in [0.4, 0.5) is 11.4 Å². The smallest absolute Gasteiger partial charge is 0.335 e. The normalized spacial score (nSPS) is 11.1. The fraction of sp³-hybridized carbons (Fsp3) is 0.176. The van der Waals surface area contributed by atoms with Crippen LogP contribution in [-0.2, 0) is 16.1 Å². The molecule has 0 amide bonds. The van der Waals surface area contributed by atoms with Gasteiger partial charge in [-0.2, -0.15) is 0 Å². The molecule has 0 aliphatic rings. The summed E-state index contributed by atoms with van der Waals surface area (Å²) < 4.78 is 0. The lowest BCUT2D eigenvalue weighted by molar-refractivity contribution is -0.394. The molecule has 2 rings (SSSR count). The summed E-state index contributed by atoms with van der Waals surface area (Å²) in [7, 11) is 0. The number of oxime groups is 1.